The lowest BCUT2D eigenvalue weighted by Gasteiger charge is -2.29. The Hall–Kier alpha value is -1.16. The Morgan fingerprint density at radius 2 is 2.16 bits per heavy atom. The maximum Gasteiger partial charge on any atom is 0.138 e. The van der Waals surface area contributed by atoms with Gasteiger partial charge < -0.3 is 0 Å². The van der Waals surface area contributed by atoms with Gasteiger partial charge in [-0.15, -0.1) is 0 Å². The van der Waals surface area contributed by atoms with E-state index in [9.17, 15) is 4.79 Å². The van der Waals surface area contributed by atoms with Crippen molar-refractivity contribution in [3.63, 3.8) is 0 Å². The van der Waals surface area contributed by atoms with Gasteiger partial charge in [0.25, 0.3) is 0 Å². The standard InChI is InChI=1S/C15H23N3O/c1-12-10-17(8-7-15(12)19)11-13-6-9-18(16-13)14-4-2-3-5-14/h6,9,12,14H,2-5,7-8,10-11H2,1H3. The van der Waals surface area contributed by atoms with Crippen LogP contribution in [0.4, 0.5) is 0 Å². The van der Waals surface area contributed by atoms with Crippen molar-refractivity contribution in [2.45, 2.75) is 51.6 Å². The number of likely N-dealkylation sites (tertiary alicyclic amines) is 1. The molecule has 2 heterocycles. The first kappa shape index (κ1) is 12.9. The molecule has 2 aliphatic rings. The van der Waals surface area contributed by atoms with Gasteiger partial charge in [-0.25, -0.2) is 0 Å². The smallest absolute Gasteiger partial charge is 0.138 e. The van der Waals surface area contributed by atoms with Crippen LogP contribution >= 0.6 is 0 Å². The molecule has 4 heteroatoms. The van der Waals surface area contributed by atoms with E-state index in [1.54, 1.807) is 0 Å². The molecule has 0 aromatic carbocycles. The van der Waals surface area contributed by atoms with Crippen LogP contribution in [0.15, 0.2) is 12.3 Å². The average Bonchev–Trinajstić information content (AvgIpc) is 3.04. The van der Waals surface area contributed by atoms with E-state index in [-0.39, 0.29) is 5.92 Å². The second-order valence-corrected chi connectivity index (χ2v) is 6.08. The molecule has 3 rings (SSSR count). The van der Waals surface area contributed by atoms with Crippen LogP contribution in [0.1, 0.15) is 50.8 Å². The first-order valence-corrected chi connectivity index (χ1v) is 7.51. The minimum Gasteiger partial charge on any atom is -0.299 e. The topological polar surface area (TPSA) is 38.1 Å². The Bertz CT molecular complexity index is 448. The van der Waals surface area contributed by atoms with Gasteiger partial charge in [0.05, 0.1) is 11.7 Å². The predicted octanol–water partition coefficient (Wildman–Crippen LogP) is 2.41. The second-order valence-electron chi connectivity index (χ2n) is 6.08. The van der Waals surface area contributed by atoms with Crippen molar-refractivity contribution in [1.82, 2.24) is 14.7 Å². The third kappa shape index (κ3) is 2.89. The molecule has 1 aromatic heterocycles. The number of ketones is 1. The van der Waals surface area contributed by atoms with Gasteiger partial charge in [0, 0.05) is 38.2 Å². The maximum absolute atomic E-state index is 11.5. The van der Waals surface area contributed by atoms with Crippen molar-refractivity contribution < 1.29 is 4.79 Å². The van der Waals surface area contributed by atoms with Crippen LogP contribution < -0.4 is 0 Å². The van der Waals surface area contributed by atoms with E-state index < -0.39 is 0 Å². The lowest BCUT2D eigenvalue weighted by Crippen LogP contribution is -2.39. The summed E-state index contributed by atoms with van der Waals surface area (Å²) in [6.45, 7) is 4.69. The summed E-state index contributed by atoms with van der Waals surface area (Å²) >= 11 is 0. The molecule has 104 valence electrons. The number of rotatable bonds is 3. The molecule has 1 aromatic rings. The summed E-state index contributed by atoms with van der Waals surface area (Å²) in [4.78, 5) is 13.9. The van der Waals surface area contributed by atoms with Crippen LogP contribution in [0.2, 0.25) is 0 Å². The fourth-order valence-corrected chi connectivity index (χ4v) is 3.30. The van der Waals surface area contributed by atoms with Gasteiger partial charge in [0.15, 0.2) is 0 Å². The zero-order valence-corrected chi connectivity index (χ0v) is 11.7. The van der Waals surface area contributed by atoms with E-state index in [4.69, 9.17) is 5.10 Å². The minimum atomic E-state index is 0.186. The Kier molecular flexibility index (Phi) is 3.69. The summed E-state index contributed by atoms with van der Waals surface area (Å²) in [6.07, 6.45) is 8.05. The maximum atomic E-state index is 11.5. The van der Waals surface area contributed by atoms with Crippen LogP contribution in [0.5, 0.6) is 0 Å². The molecular weight excluding hydrogens is 238 g/mol. The summed E-state index contributed by atoms with van der Waals surface area (Å²) in [7, 11) is 0. The summed E-state index contributed by atoms with van der Waals surface area (Å²) in [5, 5.41) is 4.72. The van der Waals surface area contributed by atoms with Crippen LogP contribution in [0.3, 0.4) is 0 Å². The molecule has 1 aliphatic carbocycles. The second kappa shape index (κ2) is 5.45. The number of carbonyl (C=O) groups excluding carboxylic acids is 1. The summed E-state index contributed by atoms with van der Waals surface area (Å²) in [5.41, 5.74) is 1.15. The molecular formula is C15H23N3O. The predicted molar refractivity (Wildman–Crippen MR) is 73.8 cm³/mol. The Labute approximate surface area is 114 Å². The summed E-state index contributed by atoms with van der Waals surface area (Å²) < 4.78 is 2.15. The van der Waals surface area contributed by atoms with Gasteiger partial charge in [-0.1, -0.05) is 19.8 Å². The summed E-state index contributed by atoms with van der Waals surface area (Å²) in [5.74, 6) is 0.596. The molecule has 2 fully saturated rings. The van der Waals surface area contributed by atoms with E-state index in [1.807, 2.05) is 6.92 Å². The van der Waals surface area contributed by atoms with E-state index in [0.29, 0.717) is 18.2 Å². The van der Waals surface area contributed by atoms with E-state index >= 15 is 0 Å². The lowest BCUT2D eigenvalue weighted by molar-refractivity contribution is -0.125. The van der Waals surface area contributed by atoms with Gasteiger partial charge in [0.2, 0.25) is 0 Å². The number of carbonyl (C=O) groups is 1. The molecule has 1 saturated heterocycles. The highest BCUT2D eigenvalue weighted by Gasteiger charge is 2.24. The third-order valence-corrected chi connectivity index (χ3v) is 4.50. The fraction of sp³-hybridized carbons (Fsp3) is 0.733. The summed E-state index contributed by atoms with van der Waals surface area (Å²) in [6, 6.07) is 2.76. The normalized spacial score (nSPS) is 26.2. The largest absolute Gasteiger partial charge is 0.299 e. The molecule has 0 radical (unpaired) electrons. The van der Waals surface area contributed by atoms with Crippen molar-refractivity contribution >= 4 is 5.78 Å². The number of hydrogen-bond acceptors (Lipinski definition) is 3. The van der Waals surface area contributed by atoms with Crippen molar-refractivity contribution in [1.29, 1.82) is 0 Å². The molecule has 1 unspecified atom stereocenters. The van der Waals surface area contributed by atoms with Crippen LogP contribution in [-0.2, 0) is 11.3 Å². The van der Waals surface area contributed by atoms with E-state index in [0.717, 1.165) is 25.3 Å². The third-order valence-electron chi connectivity index (χ3n) is 4.50. The molecule has 0 amide bonds. The molecule has 0 N–H and O–H groups in total. The number of Topliss-reactive ketones (excluding diaryl/α,β-unsaturated/α-hetero) is 1. The van der Waals surface area contributed by atoms with Crippen LogP contribution in [0, 0.1) is 5.92 Å². The first-order valence-electron chi connectivity index (χ1n) is 7.51. The van der Waals surface area contributed by atoms with Crippen molar-refractivity contribution in [2.24, 2.45) is 5.92 Å². The average molecular weight is 261 g/mol. The molecule has 19 heavy (non-hydrogen) atoms. The molecule has 1 aliphatic heterocycles. The van der Waals surface area contributed by atoms with Crippen LogP contribution in [-0.4, -0.2) is 33.6 Å². The number of nitrogens with zero attached hydrogens (tertiary/aromatic N) is 3. The highest BCUT2D eigenvalue weighted by Crippen LogP contribution is 2.28. The minimum absolute atomic E-state index is 0.186. The highest BCUT2D eigenvalue weighted by molar-refractivity contribution is 5.81. The zero-order valence-electron chi connectivity index (χ0n) is 11.7. The van der Waals surface area contributed by atoms with E-state index in [1.165, 1.54) is 25.7 Å². The molecule has 1 saturated carbocycles. The van der Waals surface area contributed by atoms with Crippen molar-refractivity contribution in [3.8, 4) is 0 Å². The number of hydrogen-bond donors (Lipinski definition) is 0. The van der Waals surface area contributed by atoms with E-state index in [2.05, 4.69) is 21.8 Å². The fourth-order valence-electron chi connectivity index (χ4n) is 3.30. The first-order chi connectivity index (χ1) is 9.22. The molecule has 0 spiro atoms. The van der Waals surface area contributed by atoms with Crippen molar-refractivity contribution in [2.75, 3.05) is 13.1 Å². The number of aromatic nitrogens is 2. The zero-order chi connectivity index (χ0) is 13.2. The Morgan fingerprint density at radius 3 is 2.89 bits per heavy atom. The van der Waals surface area contributed by atoms with Crippen LogP contribution in [0.25, 0.3) is 0 Å². The molecule has 1 atom stereocenters. The van der Waals surface area contributed by atoms with Gasteiger partial charge in [-0.05, 0) is 18.9 Å². The Balaban J connectivity index is 1.59. The molecule has 4 nitrogen and oxygen atoms in total. The quantitative estimate of drug-likeness (QED) is 0.838. The lowest BCUT2D eigenvalue weighted by atomic mass is 9.98. The van der Waals surface area contributed by atoms with Gasteiger partial charge in [0.1, 0.15) is 5.78 Å². The van der Waals surface area contributed by atoms with Gasteiger partial charge in [-0.2, -0.15) is 5.10 Å². The monoisotopic (exact) mass is 261 g/mol. The van der Waals surface area contributed by atoms with Gasteiger partial charge >= 0.3 is 0 Å². The van der Waals surface area contributed by atoms with Gasteiger partial charge in [-0.3, -0.25) is 14.4 Å². The Morgan fingerprint density at radius 1 is 1.37 bits per heavy atom. The number of piperidine rings is 1. The SMILES string of the molecule is CC1CN(Cc2ccn(C3CCCC3)n2)CCC1=O. The highest BCUT2D eigenvalue weighted by atomic mass is 16.1. The molecule has 0 bridgehead atoms. The van der Waals surface area contributed by atoms with Crippen molar-refractivity contribution in [3.05, 3.63) is 18.0 Å².